The molecule has 0 amide bonds. The van der Waals surface area contributed by atoms with E-state index < -0.39 is 0 Å². The molecule has 3 rings (SSSR count). The summed E-state index contributed by atoms with van der Waals surface area (Å²) in [5, 5.41) is 0. The van der Waals surface area contributed by atoms with Crippen LogP contribution in [0.1, 0.15) is 11.1 Å². The largest absolute Gasteiger partial charge is 0.496 e. The number of ether oxygens (including phenoxy) is 1. The standard InChI is InChI=1S/C16H16N2O/c1-10-8-13-14(9-11(10)2)18-16(17-13)12-6-4-5-7-15(12)19-3/h4-9H,1-3H3,(H,17,18). The van der Waals surface area contributed by atoms with Gasteiger partial charge >= 0.3 is 0 Å². The summed E-state index contributed by atoms with van der Waals surface area (Å²) < 4.78 is 5.38. The Balaban J connectivity index is 2.20. The van der Waals surface area contributed by atoms with Gasteiger partial charge in [0.15, 0.2) is 0 Å². The van der Waals surface area contributed by atoms with Gasteiger partial charge in [0.2, 0.25) is 0 Å². The van der Waals surface area contributed by atoms with Crippen molar-refractivity contribution in [2.24, 2.45) is 0 Å². The third kappa shape index (κ3) is 1.97. The number of H-pyrrole nitrogens is 1. The maximum Gasteiger partial charge on any atom is 0.142 e. The van der Waals surface area contributed by atoms with E-state index >= 15 is 0 Å². The molecule has 0 fully saturated rings. The van der Waals surface area contributed by atoms with Crippen molar-refractivity contribution < 1.29 is 4.74 Å². The van der Waals surface area contributed by atoms with Gasteiger partial charge in [0.25, 0.3) is 0 Å². The molecule has 0 atom stereocenters. The quantitative estimate of drug-likeness (QED) is 0.752. The summed E-state index contributed by atoms with van der Waals surface area (Å²) in [6.07, 6.45) is 0. The van der Waals surface area contributed by atoms with Crippen molar-refractivity contribution in [3.63, 3.8) is 0 Å². The van der Waals surface area contributed by atoms with E-state index in [1.165, 1.54) is 11.1 Å². The minimum atomic E-state index is 0.829. The molecule has 0 aliphatic carbocycles. The van der Waals surface area contributed by atoms with Crippen molar-refractivity contribution in [2.45, 2.75) is 13.8 Å². The van der Waals surface area contributed by atoms with Crippen molar-refractivity contribution in [3.05, 3.63) is 47.5 Å². The summed E-state index contributed by atoms with van der Waals surface area (Å²) in [4.78, 5) is 8.02. The average Bonchev–Trinajstić information content (AvgIpc) is 2.82. The van der Waals surface area contributed by atoms with Crippen molar-refractivity contribution in [3.8, 4) is 17.1 Å². The summed E-state index contributed by atoms with van der Waals surface area (Å²) >= 11 is 0. The SMILES string of the molecule is COc1ccccc1-c1nc2cc(C)c(C)cc2[nH]1. The Labute approximate surface area is 112 Å². The van der Waals surface area contributed by atoms with Crippen LogP contribution < -0.4 is 4.74 Å². The highest BCUT2D eigenvalue weighted by molar-refractivity contribution is 5.82. The molecule has 0 aliphatic rings. The monoisotopic (exact) mass is 252 g/mol. The summed E-state index contributed by atoms with van der Waals surface area (Å²) in [7, 11) is 1.68. The third-order valence-corrected chi connectivity index (χ3v) is 3.46. The smallest absolute Gasteiger partial charge is 0.142 e. The number of para-hydroxylation sites is 1. The topological polar surface area (TPSA) is 37.9 Å². The second-order valence-corrected chi connectivity index (χ2v) is 4.74. The lowest BCUT2D eigenvalue weighted by molar-refractivity contribution is 0.416. The number of aromatic nitrogens is 2. The fraction of sp³-hybridized carbons (Fsp3) is 0.188. The molecule has 1 N–H and O–H groups in total. The van der Waals surface area contributed by atoms with Crippen LogP contribution in [0.3, 0.4) is 0 Å². The molecule has 1 heterocycles. The number of methoxy groups -OCH3 is 1. The van der Waals surface area contributed by atoms with Gasteiger partial charge < -0.3 is 9.72 Å². The molecule has 0 aliphatic heterocycles. The molecule has 0 saturated heterocycles. The van der Waals surface area contributed by atoms with Crippen LogP contribution in [0, 0.1) is 13.8 Å². The van der Waals surface area contributed by atoms with E-state index in [1.54, 1.807) is 7.11 Å². The first-order chi connectivity index (χ1) is 9.19. The number of nitrogens with zero attached hydrogens (tertiary/aromatic N) is 1. The molecule has 0 unspecified atom stereocenters. The van der Waals surface area contributed by atoms with E-state index in [9.17, 15) is 0 Å². The number of hydrogen-bond donors (Lipinski definition) is 1. The van der Waals surface area contributed by atoms with Gasteiger partial charge in [-0.2, -0.15) is 0 Å². The highest BCUT2D eigenvalue weighted by Gasteiger charge is 2.10. The van der Waals surface area contributed by atoms with Crippen LogP contribution in [0.15, 0.2) is 36.4 Å². The predicted molar refractivity (Wildman–Crippen MR) is 77.6 cm³/mol. The first-order valence-electron chi connectivity index (χ1n) is 6.29. The Kier molecular flexibility index (Phi) is 2.75. The zero-order valence-electron chi connectivity index (χ0n) is 11.3. The Morgan fingerprint density at radius 2 is 1.79 bits per heavy atom. The van der Waals surface area contributed by atoms with Crippen LogP contribution in [0.2, 0.25) is 0 Å². The Morgan fingerprint density at radius 1 is 1.05 bits per heavy atom. The highest BCUT2D eigenvalue weighted by atomic mass is 16.5. The summed E-state index contributed by atoms with van der Waals surface area (Å²) in [6.45, 7) is 4.21. The molecule has 96 valence electrons. The van der Waals surface area contributed by atoms with Crippen LogP contribution >= 0.6 is 0 Å². The number of rotatable bonds is 2. The first kappa shape index (κ1) is 11.8. The van der Waals surface area contributed by atoms with Gasteiger partial charge in [0.1, 0.15) is 11.6 Å². The van der Waals surface area contributed by atoms with E-state index in [-0.39, 0.29) is 0 Å². The lowest BCUT2D eigenvalue weighted by Crippen LogP contribution is -1.88. The van der Waals surface area contributed by atoms with E-state index in [1.807, 2.05) is 24.3 Å². The molecule has 19 heavy (non-hydrogen) atoms. The molecule has 2 aromatic carbocycles. The van der Waals surface area contributed by atoms with E-state index in [0.29, 0.717) is 0 Å². The molecule has 1 aromatic heterocycles. The number of fused-ring (bicyclic) bond motifs is 1. The van der Waals surface area contributed by atoms with Gasteiger partial charge in [0.05, 0.1) is 23.7 Å². The molecule has 3 nitrogen and oxygen atoms in total. The van der Waals surface area contributed by atoms with Crippen LogP contribution in [-0.2, 0) is 0 Å². The van der Waals surface area contributed by atoms with E-state index in [4.69, 9.17) is 4.74 Å². The average molecular weight is 252 g/mol. The predicted octanol–water partition coefficient (Wildman–Crippen LogP) is 3.86. The van der Waals surface area contributed by atoms with Gasteiger partial charge in [-0.3, -0.25) is 0 Å². The second kappa shape index (κ2) is 4.43. The van der Waals surface area contributed by atoms with Crippen LogP contribution in [0.25, 0.3) is 22.4 Å². The maximum absolute atomic E-state index is 5.38. The van der Waals surface area contributed by atoms with Gasteiger partial charge in [-0.05, 0) is 49.2 Å². The van der Waals surface area contributed by atoms with Gasteiger partial charge in [-0.25, -0.2) is 4.98 Å². The van der Waals surface area contributed by atoms with Gasteiger partial charge in [-0.15, -0.1) is 0 Å². The van der Waals surface area contributed by atoms with Crippen LogP contribution in [0.4, 0.5) is 0 Å². The number of nitrogens with one attached hydrogen (secondary N) is 1. The summed E-state index contributed by atoms with van der Waals surface area (Å²) in [5.41, 5.74) is 5.55. The molecule has 3 heteroatoms. The fourth-order valence-electron chi connectivity index (χ4n) is 2.24. The normalized spacial score (nSPS) is 10.9. The zero-order valence-corrected chi connectivity index (χ0v) is 11.3. The number of aryl methyl sites for hydroxylation is 2. The lowest BCUT2D eigenvalue weighted by Gasteiger charge is -2.04. The first-order valence-corrected chi connectivity index (χ1v) is 6.29. The maximum atomic E-state index is 5.38. The number of imidazole rings is 1. The molecule has 0 spiro atoms. The van der Waals surface area contributed by atoms with E-state index in [2.05, 4.69) is 35.9 Å². The van der Waals surface area contributed by atoms with Crippen molar-refractivity contribution in [1.82, 2.24) is 9.97 Å². The third-order valence-electron chi connectivity index (χ3n) is 3.46. The van der Waals surface area contributed by atoms with Crippen LogP contribution in [0.5, 0.6) is 5.75 Å². The Bertz CT molecular complexity index is 705. The minimum absolute atomic E-state index is 0.829. The molecule has 0 radical (unpaired) electrons. The highest BCUT2D eigenvalue weighted by Crippen LogP contribution is 2.29. The molecular weight excluding hydrogens is 236 g/mol. The fourth-order valence-corrected chi connectivity index (χ4v) is 2.24. The Hall–Kier alpha value is -2.29. The zero-order chi connectivity index (χ0) is 13.4. The van der Waals surface area contributed by atoms with Crippen molar-refractivity contribution >= 4 is 11.0 Å². The molecular formula is C16H16N2O. The molecule has 0 bridgehead atoms. The summed E-state index contributed by atoms with van der Waals surface area (Å²) in [5.74, 6) is 1.67. The minimum Gasteiger partial charge on any atom is -0.496 e. The number of aromatic amines is 1. The van der Waals surface area contributed by atoms with Gasteiger partial charge in [-0.1, -0.05) is 12.1 Å². The molecule has 0 saturated carbocycles. The molecule has 3 aromatic rings. The van der Waals surface area contributed by atoms with Crippen molar-refractivity contribution in [1.29, 1.82) is 0 Å². The second-order valence-electron chi connectivity index (χ2n) is 4.74. The van der Waals surface area contributed by atoms with Crippen LogP contribution in [-0.4, -0.2) is 17.1 Å². The van der Waals surface area contributed by atoms with Crippen molar-refractivity contribution in [2.75, 3.05) is 7.11 Å². The number of hydrogen-bond acceptors (Lipinski definition) is 2. The number of benzene rings is 2. The Morgan fingerprint density at radius 3 is 2.58 bits per heavy atom. The summed E-state index contributed by atoms with van der Waals surface area (Å²) in [6, 6.07) is 12.1. The van der Waals surface area contributed by atoms with E-state index in [0.717, 1.165) is 28.2 Å². The lowest BCUT2D eigenvalue weighted by atomic mass is 10.1. The van der Waals surface area contributed by atoms with Gasteiger partial charge in [0, 0.05) is 0 Å².